The van der Waals surface area contributed by atoms with E-state index in [4.69, 9.17) is 20.9 Å². The van der Waals surface area contributed by atoms with Gasteiger partial charge in [-0.15, -0.1) is 11.5 Å². The van der Waals surface area contributed by atoms with Crippen molar-refractivity contribution in [3.8, 4) is 23.0 Å². The number of nitrogens with two attached hydrogens (primary N) is 2. The third-order valence-electron chi connectivity index (χ3n) is 4.12. The van der Waals surface area contributed by atoms with Gasteiger partial charge in [0.2, 0.25) is 0 Å². The first kappa shape index (κ1) is 61.4. The van der Waals surface area contributed by atoms with E-state index in [2.05, 4.69) is 24.3 Å². The van der Waals surface area contributed by atoms with E-state index in [1.807, 2.05) is 60.7 Å². The smallest absolute Gasteiger partial charge is 0.123 e. The van der Waals surface area contributed by atoms with Crippen molar-refractivity contribution in [3.63, 3.8) is 0 Å². The van der Waals surface area contributed by atoms with Crippen LogP contribution in [0.25, 0.3) is 0 Å². The van der Waals surface area contributed by atoms with E-state index >= 15 is 0 Å². The molecule has 4 aromatic carbocycles. The molecule has 0 unspecified atom stereocenters. The Hall–Kier alpha value is 7.12. The summed E-state index contributed by atoms with van der Waals surface area (Å²) in [6.45, 7) is 0. The van der Waals surface area contributed by atoms with E-state index in [9.17, 15) is 0 Å². The van der Waals surface area contributed by atoms with E-state index in [1.165, 1.54) is 0 Å². The molecule has 39 heavy (non-hydrogen) atoms. The molecule has 0 heterocycles. The number of rotatable bonds is 6. The first-order valence-corrected chi connectivity index (χ1v) is 9.05. The van der Waals surface area contributed by atoms with Crippen molar-refractivity contribution in [2.24, 2.45) is 0 Å². The van der Waals surface area contributed by atoms with Crippen LogP contribution in [0.15, 0.2) is 72.8 Å². The topological polar surface area (TPSA) is 70.5 Å². The zero-order chi connectivity index (χ0) is 20.1. The van der Waals surface area contributed by atoms with Crippen LogP contribution in [0.2, 0.25) is 0 Å². The van der Waals surface area contributed by atoms with Crippen molar-refractivity contribution in [3.05, 3.63) is 108 Å². The number of hydrogen-bond donors (Lipinski definition) is 2. The van der Waals surface area contributed by atoms with Crippen LogP contribution < -0.4 is 20.9 Å². The monoisotopic (exact) mass is 1270 g/mol. The molecule has 10 radical (unpaired) electrons. The summed E-state index contributed by atoms with van der Waals surface area (Å²) in [6, 6.07) is 34.4. The van der Waals surface area contributed by atoms with Crippen molar-refractivity contribution < 1.29 is 337 Å². The van der Waals surface area contributed by atoms with E-state index in [-0.39, 0.29) is 327 Å². The number of ether oxygens (including phenoxy) is 2. The van der Waals surface area contributed by atoms with E-state index in [0.717, 1.165) is 11.1 Å². The molecular formula is C25H18N2O2Y10-4. The van der Waals surface area contributed by atoms with Gasteiger partial charge < -0.3 is 45.2 Å². The van der Waals surface area contributed by atoms with Crippen molar-refractivity contribution >= 4 is 11.4 Å². The van der Waals surface area contributed by atoms with Crippen LogP contribution in [-0.2, 0) is 334 Å². The van der Waals surface area contributed by atoms with Crippen LogP contribution >= 0.6 is 0 Å². The molecule has 0 aliphatic carbocycles. The van der Waals surface area contributed by atoms with Gasteiger partial charge in [-0.1, -0.05) is 12.1 Å². The molecule has 0 bridgehead atoms. The molecule has 0 amide bonds. The fourth-order valence-electron chi connectivity index (χ4n) is 2.75. The minimum Gasteiger partial charge on any atom is -0.508 e. The zero-order valence-corrected chi connectivity index (χ0v) is 49.8. The van der Waals surface area contributed by atoms with Crippen LogP contribution in [0.4, 0.5) is 11.4 Å². The molecule has 0 spiro atoms. The summed E-state index contributed by atoms with van der Waals surface area (Å²) < 4.78 is 11.4. The largest absolute Gasteiger partial charge is 0.508 e. The van der Waals surface area contributed by atoms with Gasteiger partial charge in [-0.25, -0.2) is 0 Å². The number of hydrogen-bond acceptors (Lipinski definition) is 4. The molecule has 4 rings (SSSR count). The van der Waals surface area contributed by atoms with Crippen molar-refractivity contribution in [2.75, 3.05) is 11.5 Å². The molecule has 174 valence electrons. The Morgan fingerprint density at radius 3 is 1.08 bits per heavy atom. The normalized spacial score (nSPS) is 7.79. The second kappa shape index (κ2) is 35.0. The Labute approximate surface area is 484 Å². The van der Waals surface area contributed by atoms with E-state index < -0.39 is 0 Å². The molecule has 14 heteroatoms. The van der Waals surface area contributed by atoms with E-state index in [1.54, 1.807) is 12.1 Å². The summed E-state index contributed by atoms with van der Waals surface area (Å²) >= 11 is 0. The summed E-state index contributed by atoms with van der Waals surface area (Å²) in [6.07, 6.45) is 0.705. The Balaban J connectivity index is -0.000000205. The Bertz CT molecular complexity index is 1030. The molecule has 0 saturated heterocycles. The van der Waals surface area contributed by atoms with Gasteiger partial charge in [-0.3, -0.25) is 35.4 Å². The summed E-state index contributed by atoms with van der Waals surface area (Å²) in [4.78, 5) is 0. The van der Waals surface area contributed by atoms with Gasteiger partial charge in [0.25, 0.3) is 0 Å². The van der Waals surface area contributed by atoms with Crippen LogP contribution in [0.3, 0.4) is 0 Å². The Kier molecular flexibility index (Phi) is 55.0. The van der Waals surface area contributed by atoms with Gasteiger partial charge in [0.1, 0.15) is 11.5 Å². The van der Waals surface area contributed by atoms with Gasteiger partial charge in [0, 0.05) is 351 Å². The third kappa shape index (κ3) is 24.0. The SMILES string of the molecule is Nc1cccc(Oc2[c-]cc(Cc3c[c-]c(Oc4cccc(N)c4)[c-]c3)c[c-]2)c1.[Y].[Y].[Y].[Y].[Y].[Y].[Y].[Y].[Y].[Y]. The maximum atomic E-state index is 5.76. The fraction of sp³-hybridized carbons (Fsp3) is 0.0400. The third-order valence-corrected chi connectivity index (χ3v) is 4.12. The maximum Gasteiger partial charge on any atom is 0.123 e. The number of anilines is 2. The Morgan fingerprint density at radius 1 is 0.487 bits per heavy atom. The Morgan fingerprint density at radius 2 is 0.795 bits per heavy atom. The fourth-order valence-corrected chi connectivity index (χ4v) is 2.75. The first-order valence-electron chi connectivity index (χ1n) is 9.05. The van der Waals surface area contributed by atoms with E-state index in [0.29, 0.717) is 40.8 Å². The zero-order valence-electron chi connectivity index (χ0n) is 21.4. The molecule has 4 N–H and O–H groups in total. The van der Waals surface area contributed by atoms with Gasteiger partial charge in [-0.2, -0.15) is 6.42 Å². The molecule has 0 aliphatic heterocycles. The quantitative estimate of drug-likeness (QED) is 0.206. The van der Waals surface area contributed by atoms with Crippen LogP contribution in [0, 0.1) is 24.3 Å². The van der Waals surface area contributed by atoms with Gasteiger partial charge in [-0.05, 0) is 24.3 Å². The maximum absolute atomic E-state index is 5.76. The molecule has 0 fully saturated rings. The molecular weight excluding hydrogens is 1250 g/mol. The van der Waals surface area contributed by atoms with Crippen LogP contribution in [0.5, 0.6) is 23.0 Å². The van der Waals surface area contributed by atoms with Crippen molar-refractivity contribution in [2.45, 2.75) is 6.42 Å². The van der Waals surface area contributed by atoms with Gasteiger partial charge in [0.05, 0.1) is 0 Å². The van der Waals surface area contributed by atoms with Gasteiger partial charge >= 0.3 is 0 Å². The van der Waals surface area contributed by atoms with Crippen molar-refractivity contribution in [1.29, 1.82) is 0 Å². The number of benzene rings is 4. The average molecular weight is 1270 g/mol. The molecule has 4 nitrogen and oxygen atoms in total. The first-order chi connectivity index (χ1) is 14.1. The minimum absolute atomic E-state index is 0. The molecule has 0 aliphatic rings. The summed E-state index contributed by atoms with van der Waals surface area (Å²) in [5, 5.41) is 0. The second-order valence-corrected chi connectivity index (χ2v) is 6.49. The number of nitrogen functional groups attached to an aromatic ring is 2. The summed E-state index contributed by atoms with van der Waals surface area (Å²) in [5.41, 5.74) is 14.9. The molecule has 4 aromatic rings. The summed E-state index contributed by atoms with van der Waals surface area (Å²) in [5.74, 6) is 2.35. The second-order valence-electron chi connectivity index (χ2n) is 6.49. The van der Waals surface area contributed by atoms with Crippen LogP contribution in [0.1, 0.15) is 11.1 Å². The molecule has 0 aromatic heterocycles. The molecule has 0 saturated carbocycles. The van der Waals surface area contributed by atoms with Crippen molar-refractivity contribution in [1.82, 2.24) is 0 Å². The van der Waals surface area contributed by atoms with Gasteiger partial charge in [0.15, 0.2) is 0 Å². The minimum atomic E-state index is 0. The molecule has 0 atom stereocenters. The predicted molar refractivity (Wildman–Crippen MR) is 113 cm³/mol. The average Bonchev–Trinajstić information content (AvgIpc) is 2.71. The predicted octanol–water partition coefficient (Wildman–Crippen LogP) is 5.20. The van der Waals surface area contributed by atoms with Crippen LogP contribution in [-0.4, -0.2) is 0 Å². The standard InChI is InChI=1S/C25H18N2O2.10Y/c26-20-3-1-5-24(16-20)28-22-11-7-18(8-12-22)15-19-9-13-23(14-10-19)29-25-6-2-4-21(27)17-25;;;;;;;;;;/h1-10,16-17H,15,26-27H2;;;;;;;;;;/q-4;;;;;;;;;;. The summed E-state index contributed by atoms with van der Waals surface area (Å²) in [7, 11) is 0.